The van der Waals surface area contributed by atoms with Crippen LogP contribution >= 0.6 is 0 Å². The minimum atomic E-state index is -0.0396. The first-order valence-corrected chi connectivity index (χ1v) is 5.15. The summed E-state index contributed by atoms with van der Waals surface area (Å²) in [6.07, 6.45) is 2.44. The summed E-state index contributed by atoms with van der Waals surface area (Å²) in [5, 5.41) is 26.1. The molecule has 0 fully saturated rings. The van der Waals surface area contributed by atoms with Crippen molar-refractivity contribution in [1.82, 2.24) is 0 Å². The third-order valence-corrected chi connectivity index (χ3v) is 1.98. The van der Waals surface area contributed by atoms with Crippen LogP contribution in [-0.2, 0) is 6.42 Å². The van der Waals surface area contributed by atoms with E-state index in [1.165, 1.54) is 6.07 Å². The SMILES string of the molecule is C=CC.CCc1cc(C(C)=N)c(O)cc1O. The van der Waals surface area contributed by atoms with Crippen molar-refractivity contribution < 1.29 is 10.2 Å². The van der Waals surface area contributed by atoms with Crippen LogP contribution in [-0.4, -0.2) is 15.9 Å². The van der Waals surface area contributed by atoms with E-state index in [-0.39, 0.29) is 11.5 Å². The number of nitrogens with one attached hydrogen (secondary N) is 1. The molecule has 1 aromatic carbocycles. The van der Waals surface area contributed by atoms with Gasteiger partial charge in [0.25, 0.3) is 0 Å². The van der Waals surface area contributed by atoms with Gasteiger partial charge in [-0.2, -0.15) is 0 Å². The highest BCUT2D eigenvalue weighted by atomic mass is 16.3. The molecule has 0 spiro atoms. The fraction of sp³-hybridized carbons (Fsp3) is 0.308. The Kier molecular flexibility index (Phi) is 5.93. The molecule has 0 aliphatic rings. The maximum absolute atomic E-state index is 9.38. The molecule has 1 rings (SSSR count). The lowest BCUT2D eigenvalue weighted by Gasteiger charge is -2.07. The minimum absolute atomic E-state index is 0.0396. The Labute approximate surface area is 96.6 Å². The molecule has 0 amide bonds. The van der Waals surface area contributed by atoms with E-state index in [0.717, 1.165) is 5.56 Å². The molecule has 0 atom stereocenters. The molecule has 1 aromatic rings. The second kappa shape index (κ2) is 6.67. The van der Waals surface area contributed by atoms with E-state index in [1.807, 2.05) is 13.8 Å². The third-order valence-electron chi connectivity index (χ3n) is 1.98. The van der Waals surface area contributed by atoms with Crippen molar-refractivity contribution in [1.29, 1.82) is 5.41 Å². The fourth-order valence-corrected chi connectivity index (χ4v) is 1.21. The lowest BCUT2D eigenvalue weighted by molar-refractivity contribution is 0.445. The summed E-state index contributed by atoms with van der Waals surface area (Å²) in [6.45, 7) is 8.76. The summed E-state index contributed by atoms with van der Waals surface area (Å²) >= 11 is 0. The first kappa shape index (κ1) is 14.2. The Balaban J connectivity index is 0.000000673. The van der Waals surface area contributed by atoms with E-state index in [4.69, 9.17) is 5.41 Å². The molecular weight excluding hydrogens is 202 g/mol. The molecule has 0 aliphatic carbocycles. The first-order chi connectivity index (χ1) is 7.47. The van der Waals surface area contributed by atoms with Crippen LogP contribution in [0.4, 0.5) is 0 Å². The number of aromatic hydroxyl groups is 2. The molecule has 3 N–H and O–H groups in total. The maximum Gasteiger partial charge on any atom is 0.128 e. The molecule has 88 valence electrons. The zero-order valence-electron chi connectivity index (χ0n) is 10.0. The van der Waals surface area contributed by atoms with Gasteiger partial charge in [0, 0.05) is 17.3 Å². The van der Waals surface area contributed by atoms with Crippen LogP contribution in [0.1, 0.15) is 31.9 Å². The molecule has 0 saturated heterocycles. The summed E-state index contributed by atoms with van der Waals surface area (Å²) in [4.78, 5) is 0. The largest absolute Gasteiger partial charge is 0.508 e. The summed E-state index contributed by atoms with van der Waals surface area (Å²) in [7, 11) is 0. The monoisotopic (exact) mass is 221 g/mol. The van der Waals surface area contributed by atoms with Crippen LogP contribution in [0.2, 0.25) is 0 Å². The molecule has 0 saturated carbocycles. The first-order valence-electron chi connectivity index (χ1n) is 5.15. The van der Waals surface area contributed by atoms with Gasteiger partial charge >= 0.3 is 0 Å². The van der Waals surface area contributed by atoms with Gasteiger partial charge < -0.3 is 15.6 Å². The van der Waals surface area contributed by atoms with Crippen molar-refractivity contribution in [3.05, 3.63) is 35.9 Å². The second-order valence-corrected chi connectivity index (χ2v) is 3.38. The number of hydrogen-bond donors (Lipinski definition) is 3. The Morgan fingerprint density at radius 3 is 2.25 bits per heavy atom. The Morgan fingerprint density at radius 1 is 1.38 bits per heavy atom. The highest BCUT2D eigenvalue weighted by molar-refractivity contribution is 5.99. The average Bonchev–Trinajstić information content (AvgIpc) is 2.18. The molecule has 3 heteroatoms. The van der Waals surface area contributed by atoms with Crippen LogP contribution in [0, 0.1) is 5.41 Å². The predicted octanol–water partition coefficient (Wildman–Crippen LogP) is 3.24. The second-order valence-electron chi connectivity index (χ2n) is 3.38. The number of rotatable bonds is 2. The van der Waals surface area contributed by atoms with Gasteiger partial charge in [0.1, 0.15) is 11.5 Å². The number of aryl methyl sites for hydroxylation is 1. The van der Waals surface area contributed by atoms with Gasteiger partial charge in [-0.3, -0.25) is 0 Å². The van der Waals surface area contributed by atoms with E-state index in [0.29, 0.717) is 17.7 Å². The van der Waals surface area contributed by atoms with E-state index in [2.05, 4.69) is 6.58 Å². The topological polar surface area (TPSA) is 64.3 Å². The zero-order chi connectivity index (χ0) is 12.7. The molecule has 0 aliphatic heterocycles. The van der Waals surface area contributed by atoms with Gasteiger partial charge in [-0.25, -0.2) is 0 Å². The summed E-state index contributed by atoms with van der Waals surface area (Å²) in [6, 6.07) is 2.93. The summed E-state index contributed by atoms with van der Waals surface area (Å²) < 4.78 is 0. The fourth-order valence-electron chi connectivity index (χ4n) is 1.21. The average molecular weight is 221 g/mol. The number of allylic oxidation sites excluding steroid dienone is 1. The number of phenols is 2. The van der Waals surface area contributed by atoms with Crippen LogP contribution in [0.15, 0.2) is 24.8 Å². The van der Waals surface area contributed by atoms with Crippen LogP contribution in [0.5, 0.6) is 11.5 Å². The highest BCUT2D eigenvalue weighted by Crippen LogP contribution is 2.27. The molecule has 0 bridgehead atoms. The molecule has 0 unspecified atom stereocenters. The molecule has 0 radical (unpaired) electrons. The maximum atomic E-state index is 9.38. The third kappa shape index (κ3) is 3.77. The van der Waals surface area contributed by atoms with E-state index in [9.17, 15) is 10.2 Å². The molecule has 3 nitrogen and oxygen atoms in total. The van der Waals surface area contributed by atoms with Gasteiger partial charge in [-0.1, -0.05) is 13.0 Å². The van der Waals surface area contributed by atoms with Gasteiger partial charge in [0.05, 0.1) is 0 Å². The zero-order valence-corrected chi connectivity index (χ0v) is 10.0. The summed E-state index contributed by atoms with van der Waals surface area (Å²) in [5.41, 5.74) is 1.53. The van der Waals surface area contributed by atoms with Crippen LogP contribution < -0.4 is 0 Å². The molecule has 16 heavy (non-hydrogen) atoms. The van der Waals surface area contributed by atoms with Crippen molar-refractivity contribution in [2.24, 2.45) is 0 Å². The molecular formula is C13H19NO2. The van der Waals surface area contributed by atoms with Gasteiger partial charge in [0.2, 0.25) is 0 Å². The number of benzene rings is 1. The lowest BCUT2D eigenvalue weighted by Crippen LogP contribution is -1.95. The van der Waals surface area contributed by atoms with Crippen molar-refractivity contribution in [2.45, 2.75) is 27.2 Å². The van der Waals surface area contributed by atoms with Crippen molar-refractivity contribution >= 4 is 5.71 Å². The van der Waals surface area contributed by atoms with Gasteiger partial charge in [0.15, 0.2) is 0 Å². The van der Waals surface area contributed by atoms with E-state index < -0.39 is 0 Å². The number of hydrogen-bond acceptors (Lipinski definition) is 3. The number of phenolic OH excluding ortho intramolecular Hbond substituents is 2. The molecule has 0 heterocycles. The highest BCUT2D eigenvalue weighted by Gasteiger charge is 2.08. The quantitative estimate of drug-likeness (QED) is 0.530. The van der Waals surface area contributed by atoms with E-state index in [1.54, 1.807) is 19.1 Å². The van der Waals surface area contributed by atoms with Gasteiger partial charge in [-0.15, -0.1) is 6.58 Å². The smallest absolute Gasteiger partial charge is 0.128 e. The van der Waals surface area contributed by atoms with Crippen molar-refractivity contribution in [3.63, 3.8) is 0 Å². The van der Waals surface area contributed by atoms with Crippen LogP contribution in [0.25, 0.3) is 0 Å². The Bertz CT molecular complexity index is 384. The van der Waals surface area contributed by atoms with Gasteiger partial charge in [-0.05, 0) is 31.9 Å². The lowest BCUT2D eigenvalue weighted by atomic mass is 10.0. The Hall–Kier alpha value is -1.77. The standard InChI is InChI=1S/C10H13NO2.C3H6/c1-3-7-4-8(6(2)11)10(13)5-9(7)12;1-3-2/h4-5,11-13H,3H2,1-2H3;3H,1H2,2H3. The van der Waals surface area contributed by atoms with Crippen molar-refractivity contribution in [2.75, 3.05) is 0 Å². The summed E-state index contributed by atoms with van der Waals surface area (Å²) in [5.74, 6) is 0.0483. The van der Waals surface area contributed by atoms with Crippen LogP contribution in [0.3, 0.4) is 0 Å². The predicted molar refractivity (Wildman–Crippen MR) is 67.5 cm³/mol. The minimum Gasteiger partial charge on any atom is -0.508 e. The van der Waals surface area contributed by atoms with E-state index >= 15 is 0 Å². The molecule has 0 aromatic heterocycles. The van der Waals surface area contributed by atoms with Crippen molar-refractivity contribution in [3.8, 4) is 11.5 Å². The Morgan fingerprint density at radius 2 is 1.88 bits per heavy atom. The normalized spacial score (nSPS) is 8.94.